The summed E-state index contributed by atoms with van der Waals surface area (Å²) in [5.41, 5.74) is 1.14. The van der Waals surface area contributed by atoms with Crippen molar-refractivity contribution in [2.45, 2.75) is 62.7 Å². The molecular formula is C36H41FN6O4. The molecule has 2 N–H and O–H groups in total. The number of likely N-dealkylation sites (N-methyl/N-ethyl adjacent to an activating group) is 1. The van der Waals surface area contributed by atoms with Gasteiger partial charge in [-0.25, -0.2) is 9.18 Å². The highest BCUT2D eigenvalue weighted by Crippen LogP contribution is 2.40. The average Bonchev–Trinajstić information content (AvgIpc) is 3.63. The van der Waals surface area contributed by atoms with Crippen LogP contribution in [0.25, 0.3) is 32.8 Å². The van der Waals surface area contributed by atoms with Gasteiger partial charge in [0.15, 0.2) is 5.82 Å². The van der Waals surface area contributed by atoms with E-state index in [1.807, 2.05) is 35.2 Å². The summed E-state index contributed by atoms with van der Waals surface area (Å²) in [5.74, 6) is 0.225. The number of carbonyl (C=O) groups is 1. The highest BCUT2D eigenvalue weighted by molar-refractivity contribution is 6.01. The predicted octanol–water partition coefficient (Wildman–Crippen LogP) is 5.31. The van der Waals surface area contributed by atoms with Crippen LogP contribution < -0.4 is 15.0 Å². The third-order valence-electron chi connectivity index (χ3n) is 10.5. The molecule has 0 radical (unpaired) electrons. The van der Waals surface area contributed by atoms with E-state index >= 15 is 4.39 Å². The fourth-order valence-corrected chi connectivity index (χ4v) is 7.94. The molecule has 47 heavy (non-hydrogen) atoms. The number of aromatic hydroxyl groups is 1. The van der Waals surface area contributed by atoms with Crippen LogP contribution in [0.15, 0.2) is 48.5 Å². The van der Waals surface area contributed by atoms with E-state index in [9.17, 15) is 9.90 Å². The van der Waals surface area contributed by atoms with E-state index < -0.39 is 5.82 Å². The molecule has 1 aromatic heterocycles. The predicted molar refractivity (Wildman–Crippen MR) is 178 cm³/mol. The van der Waals surface area contributed by atoms with Crippen molar-refractivity contribution in [3.05, 3.63) is 54.3 Å². The van der Waals surface area contributed by atoms with Crippen LogP contribution in [0.3, 0.4) is 0 Å². The molecule has 5 saturated heterocycles. The summed E-state index contributed by atoms with van der Waals surface area (Å²) in [6.45, 7) is 3.82. The minimum atomic E-state index is -0.482. The lowest BCUT2D eigenvalue weighted by atomic mass is 9.96. The molecule has 2 bridgehead atoms. The Morgan fingerprint density at radius 2 is 1.89 bits per heavy atom. The van der Waals surface area contributed by atoms with Crippen molar-refractivity contribution < 1.29 is 23.8 Å². The third kappa shape index (κ3) is 5.69. The molecule has 3 aromatic carbocycles. The molecule has 0 aliphatic carbocycles. The number of phenols is 1. The summed E-state index contributed by atoms with van der Waals surface area (Å²) in [7, 11) is 2.09. The van der Waals surface area contributed by atoms with E-state index in [4.69, 9.17) is 14.5 Å². The van der Waals surface area contributed by atoms with Crippen molar-refractivity contribution >= 4 is 33.5 Å². The number of likely N-dealkylation sites (tertiary alicyclic amines) is 1. The van der Waals surface area contributed by atoms with Gasteiger partial charge in [-0.05, 0) is 86.7 Å². The van der Waals surface area contributed by atoms with Crippen molar-refractivity contribution in [3.8, 4) is 22.9 Å². The summed E-state index contributed by atoms with van der Waals surface area (Å²) in [5, 5.41) is 16.0. The Bertz CT molecular complexity index is 1820. The van der Waals surface area contributed by atoms with Gasteiger partial charge in [0.05, 0.1) is 18.7 Å². The number of amides is 2. The van der Waals surface area contributed by atoms with Gasteiger partial charge in [0, 0.05) is 42.7 Å². The molecule has 5 aliphatic rings. The van der Waals surface area contributed by atoms with Crippen LogP contribution in [0.5, 0.6) is 11.8 Å². The van der Waals surface area contributed by atoms with E-state index in [1.54, 1.807) is 18.2 Å². The van der Waals surface area contributed by atoms with Crippen LogP contribution in [0.4, 0.5) is 15.0 Å². The van der Waals surface area contributed by atoms with Gasteiger partial charge >= 0.3 is 12.0 Å². The number of fused-ring (bicyclic) bond motifs is 6. The lowest BCUT2D eigenvalue weighted by molar-refractivity contribution is 0.151. The molecule has 10 nitrogen and oxygen atoms in total. The first-order valence-corrected chi connectivity index (χ1v) is 16.9. The van der Waals surface area contributed by atoms with Gasteiger partial charge in [-0.2, -0.15) is 9.97 Å². The van der Waals surface area contributed by atoms with Gasteiger partial charge in [-0.15, -0.1) is 0 Å². The monoisotopic (exact) mass is 640 g/mol. The Balaban J connectivity index is 1.19. The molecule has 6 heterocycles. The summed E-state index contributed by atoms with van der Waals surface area (Å²) in [6, 6.07) is 15.0. The Morgan fingerprint density at radius 3 is 2.72 bits per heavy atom. The van der Waals surface area contributed by atoms with Crippen LogP contribution in [-0.2, 0) is 4.74 Å². The van der Waals surface area contributed by atoms with Crippen LogP contribution in [0, 0.1) is 5.82 Å². The quantitative estimate of drug-likeness (QED) is 0.293. The normalized spacial score (nSPS) is 24.7. The molecule has 0 spiro atoms. The highest BCUT2D eigenvalue weighted by Gasteiger charge is 2.41. The van der Waals surface area contributed by atoms with Crippen LogP contribution in [0.1, 0.15) is 38.5 Å². The van der Waals surface area contributed by atoms with Crippen molar-refractivity contribution in [2.75, 3.05) is 51.4 Å². The second-order valence-corrected chi connectivity index (χ2v) is 13.5. The van der Waals surface area contributed by atoms with Gasteiger partial charge in [0.2, 0.25) is 0 Å². The molecule has 9 rings (SSSR count). The van der Waals surface area contributed by atoms with Crippen molar-refractivity contribution in [1.82, 2.24) is 25.1 Å². The topological polar surface area (TPSA) is 103 Å². The Hall–Kier alpha value is -4.22. The minimum absolute atomic E-state index is 0.000345. The number of anilines is 1. The summed E-state index contributed by atoms with van der Waals surface area (Å²) >= 11 is 0. The zero-order valence-electron chi connectivity index (χ0n) is 26.7. The largest absolute Gasteiger partial charge is 0.508 e. The molecule has 5 fully saturated rings. The van der Waals surface area contributed by atoms with Gasteiger partial charge in [0.25, 0.3) is 0 Å². The average molecular weight is 641 g/mol. The number of urea groups is 1. The smallest absolute Gasteiger partial charge is 0.319 e. The lowest BCUT2D eigenvalue weighted by Gasteiger charge is -2.45. The second-order valence-electron chi connectivity index (χ2n) is 13.5. The van der Waals surface area contributed by atoms with E-state index in [1.165, 1.54) is 0 Å². The summed E-state index contributed by atoms with van der Waals surface area (Å²) < 4.78 is 28.6. The lowest BCUT2D eigenvalue weighted by Crippen LogP contribution is -2.61. The molecule has 4 atom stereocenters. The SMILES string of the molecule is CN1CCC[C@H]1COc1nc(N2CC3CCCC2CN3C(=O)NC2CCOC2)c2ccc(-c3cc(O)cc4ccccc34)c(F)c2n1. The number of phenolic OH excluding ortho intramolecular Hbond substituents is 1. The summed E-state index contributed by atoms with van der Waals surface area (Å²) in [6.07, 6.45) is 5.76. The summed E-state index contributed by atoms with van der Waals surface area (Å²) in [4.78, 5) is 29.6. The molecule has 3 unspecified atom stereocenters. The molecule has 246 valence electrons. The first-order valence-electron chi connectivity index (χ1n) is 16.9. The number of hydrogen-bond donors (Lipinski definition) is 2. The van der Waals surface area contributed by atoms with Crippen molar-refractivity contribution in [2.24, 2.45) is 0 Å². The zero-order valence-corrected chi connectivity index (χ0v) is 26.7. The van der Waals surface area contributed by atoms with Gasteiger partial charge < -0.3 is 34.6 Å². The molecule has 4 aromatic rings. The molecule has 5 aliphatic heterocycles. The molecule has 0 saturated carbocycles. The number of piperazine rings is 1. The number of nitrogens with one attached hydrogen (secondary N) is 1. The maximum Gasteiger partial charge on any atom is 0.319 e. The van der Waals surface area contributed by atoms with Crippen LogP contribution in [0.2, 0.25) is 0 Å². The zero-order chi connectivity index (χ0) is 32.1. The number of halogens is 1. The maximum absolute atomic E-state index is 16.8. The first-order chi connectivity index (χ1) is 22.9. The van der Waals surface area contributed by atoms with Crippen LogP contribution in [-0.4, -0.2) is 102 Å². The van der Waals surface area contributed by atoms with E-state index in [0.29, 0.717) is 55.2 Å². The minimum Gasteiger partial charge on any atom is -0.508 e. The number of aromatic nitrogens is 2. The Labute approximate surface area is 273 Å². The number of ether oxygens (including phenoxy) is 2. The first kappa shape index (κ1) is 30.1. The van der Waals surface area contributed by atoms with E-state index in [2.05, 4.69) is 27.1 Å². The number of benzene rings is 3. The molecule has 11 heteroatoms. The second kappa shape index (κ2) is 12.4. The third-order valence-corrected chi connectivity index (χ3v) is 10.5. The number of nitrogens with zero attached hydrogens (tertiary/aromatic N) is 5. The number of carbonyl (C=O) groups excluding carboxylic acids is 1. The Kier molecular flexibility index (Phi) is 7.97. The fourth-order valence-electron chi connectivity index (χ4n) is 7.94. The van der Waals surface area contributed by atoms with Gasteiger partial charge in [0.1, 0.15) is 23.7 Å². The number of rotatable bonds is 6. The van der Waals surface area contributed by atoms with Gasteiger partial charge in [-0.3, -0.25) is 0 Å². The maximum atomic E-state index is 16.8. The van der Waals surface area contributed by atoms with Crippen LogP contribution >= 0.6 is 0 Å². The van der Waals surface area contributed by atoms with E-state index in [0.717, 1.165) is 55.8 Å². The van der Waals surface area contributed by atoms with Crippen molar-refractivity contribution in [3.63, 3.8) is 0 Å². The Morgan fingerprint density at radius 1 is 1.02 bits per heavy atom. The van der Waals surface area contributed by atoms with Crippen molar-refractivity contribution in [1.29, 1.82) is 0 Å². The highest BCUT2D eigenvalue weighted by atomic mass is 19.1. The molecule has 2 amide bonds. The standard InChI is InChI=1S/C36H41FN6O4/c1-41-14-5-9-26(41)21-47-35-39-33-30(12-11-29(32(33)37)31-17-27(44)16-22-6-2-3-10-28(22)31)34(40-35)42-18-25-8-4-7-24(42)19-43(25)36(45)38-23-13-15-46-20-23/h2-3,6,10-12,16-17,23-26,44H,4-5,7-9,13-15,18-21H2,1H3,(H,38,45)/t23?,24?,25?,26-/m0/s1. The fraction of sp³-hybridized carbons (Fsp3) is 0.472. The van der Waals surface area contributed by atoms with Gasteiger partial charge in [-0.1, -0.05) is 30.3 Å². The van der Waals surface area contributed by atoms with E-state index in [-0.39, 0.29) is 47.5 Å². The number of hydrogen-bond acceptors (Lipinski definition) is 8. The molecular weight excluding hydrogens is 599 g/mol.